The molecule has 3 aromatic rings. The van der Waals surface area contributed by atoms with Crippen LogP contribution < -0.4 is 4.74 Å². The minimum Gasteiger partial charge on any atom is -0.497 e. The highest BCUT2D eigenvalue weighted by Gasteiger charge is 2.25. The van der Waals surface area contributed by atoms with E-state index in [4.69, 9.17) is 13.7 Å². The molecule has 0 saturated carbocycles. The van der Waals surface area contributed by atoms with Crippen LogP contribution in [0.5, 0.6) is 5.75 Å². The summed E-state index contributed by atoms with van der Waals surface area (Å²) < 4.78 is 40.9. The lowest BCUT2D eigenvalue weighted by molar-refractivity contribution is 0.0149. The molecule has 2 aromatic carbocycles. The van der Waals surface area contributed by atoms with Crippen LogP contribution in [0.4, 0.5) is 0 Å². The Morgan fingerprint density at radius 1 is 1.07 bits per heavy atom. The Balaban J connectivity index is 1.75. The first kappa shape index (κ1) is 20.7. The highest BCUT2D eigenvalue weighted by atomic mass is 32.2. The first-order valence-corrected chi connectivity index (χ1v) is 10.1. The number of ether oxygens (including phenoxy) is 2. The Morgan fingerprint density at radius 3 is 2.41 bits per heavy atom. The first-order valence-electron chi connectivity index (χ1n) is 8.73. The summed E-state index contributed by atoms with van der Waals surface area (Å²) in [6.45, 7) is -0.363. The SMILES string of the molecule is COc1ccc(C(=O)C(COS(=O)(=O)n2cccn2)OCc2ccccc2)cc1. The average molecular weight is 416 g/mol. The molecule has 1 aromatic heterocycles. The fourth-order valence-electron chi connectivity index (χ4n) is 2.50. The van der Waals surface area contributed by atoms with Gasteiger partial charge < -0.3 is 9.47 Å². The van der Waals surface area contributed by atoms with E-state index in [1.807, 2.05) is 30.3 Å². The van der Waals surface area contributed by atoms with Crippen molar-refractivity contribution in [1.29, 1.82) is 0 Å². The maximum absolute atomic E-state index is 12.9. The molecule has 0 radical (unpaired) electrons. The standard InChI is InChI=1S/C20H20N2O6S/c1-26-18-10-8-17(9-11-18)20(23)19(27-14-16-6-3-2-4-7-16)15-28-29(24,25)22-13-5-12-21-22/h2-13,19H,14-15H2,1H3. The van der Waals surface area contributed by atoms with Gasteiger partial charge in [0.2, 0.25) is 0 Å². The third-order valence-corrected chi connectivity index (χ3v) is 5.15. The van der Waals surface area contributed by atoms with Crippen molar-refractivity contribution in [3.8, 4) is 5.75 Å². The van der Waals surface area contributed by atoms with E-state index in [9.17, 15) is 13.2 Å². The lowest BCUT2D eigenvalue weighted by Crippen LogP contribution is -2.32. The minimum absolute atomic E-state index is 0.124. The van der Waals surface area contributed by atoms with Crippen LogP contribution in [0.25, 0.3) is 0 Å². The molecule has 0 aliphatic heterocycles. The van der Waals surface area contributed by atoms with Gasteiger partial charge in [0.25, 0.3) is 0 Å². The van der Waals surface area contributed by atoms with Gasteiger partial charge in [0.1, 0.15) is 18.5 Å². The second-order valence-corrected chi connectivity index (χ2v) is 7.46. The number of aromatic nitrogens is 2. The van der Waals surface area contributed by atoms with Gasteiger partial charge >= 0.3 is 10.3 Å². The van der Waals surface area contributed by atoms with Gasteiger partial charge in [-0.3, -0.25) is 4.79 Å². The second-order valence-electron chi connectivity index (χ2n) is 6.00. The number of benzene rings is 2. The van der Waals surface area contributed by atoms with Crippen molar-refractivity contribution in [2.45, 2.75) is 12.7 Å². The molecule has 0 aliphatic rings. The molecule has 1 atom stereocenters. The van der Waals surface area contributed by atoms with Crippen molar-refractivity contribution < 1.29 is 26.9 Å². The molecular weight excluding hydrogens is 396 g/mol. The van der Waals surface area contributed by atoms with Crippen LogP contribution in [0, 0.1) is 0 Å². The largest absolute Gasteiger partial charge is 0.497 e. The van der Waals surface area contributed by atoms with Gasteiger partial charge in [-0.1, -0.05) is 30.3 Å². The summed E-state index contributed by atoms with van der Waals surface area (Å²) in [5.41, 5.74) is 1.19. The molecule has 29 heavy (non-hydrogen) atoms. The van der Waals surface area contributed by atoms with E-state index < -0.39 is 28.8 Å². The number of nitrogens with zero attached hydrogens (tertiary/aromatic N) is 2. The molecule has 9 heteroatoms. The number of ketones is 1. The molecule has 0 aliphatic carbocycles. The third-order valence-electron chi connectivity index (χ3n) is 4.04. The van der Waals surface area contributed by atoms with E-state index >= 15 is 0 Å². The molecule has 0 amide bonds. The molecule has 152 valence electrons. The van der Waals surface area contributed by atoms with Gasteiger partial charge in [-0.25, -0.2) is 4.18 Å². The average Bonchev–Trinajstić information content (AvgIpc) is 3.30. The van der Waals surface area contributed by atoms with Crippen LogP contribution in [-0.2, 0) is 25.8 Å². The highest BCUT2D eigenvalue weighted by Crippen LogP contribution is 2.16. The molecule has 8 nitrogen and oxygen atoms in total. The number of hydrogen-bond acceptors (Lipinski definition) is 7. The molecule has 1 heterocycles. The zero-order valence-corrected chi connectivity index (χ0v) is 16.5. The van der Waals surface area contributed by atoms with Crippen molar-refractivity contribution in [1.82, 2.24) is 9.19 Å². The Labute approximate surface area is 168 Å². The summed E-state index contributed by atoms with van der Waals surface area (Å²) >= 11 is 0. The first-order chi connectivity index (χ1) is 14.0. The van der Waals surface area contributed by atoms with Gasteiger partial charge in [0.15, 0.2) is 5.78 Å². The maximum atomic E-state index is 12.9. The van der Waals surface area contributed by atoms with E-state index in [0.717, 1.165) is 5.56 Å². The van der Waals surface area contributed by atoms with E-state index in [1.54, 1.807) is 24.3 Å². The summed E-state index contributed by atoms with van der Waals surface area (Å²) in [6.07, 6.45) is 1.42. The summed E-state index contributed by atoms with van der Waals surface area (Å²) in [7, 11) is -2.64. The van der Waals surface area contributed by atoms with E-state index in [-0.39, 0.29) is 6.61 Å². The molecular formula is C20H20N2O6S. The van der Waals surface area contributed by atoms with Crippen molar-refractivity contribution >= 4 is 16.1 Å². The predicted octanol–water partition coefficient (Wildman–Crippen LogP) is 2.47. The lowest BCUT2D eigenvalue weighted by Gasteiger charge is -2.17. The van der Waals surface area contributed by atoms with E-state index in [0.29, 0.717) is 15.4 Å². The molecule has 0 bridgehead atoms. The van der Waals surface area contributed by atoms with Gasteiger partial charge in [0.05, 0.1) is 19.9 Å². The molecule has 0 N–H and O–H groups in total. The number of rotatable bonds is 10. The van der Waals surface area contributed by atoms with Crippen LogP contribution in [-0.4, -0.2) is 43.2 Å². The lowest BCUT2D eigenvalue weighted by atomic mass is 10.1. The summed E-state index contributed by atoms with van der Waals surface area (Å²) in [5.74, 6) is 0.195. The van der Waals surface area contributed by atoms with E-state index in [1.165, 1.54) is 25.6 Å². The fraction of sp³-hybridized carbons (Fsp3) is 0.200. The topological polar surface area (TPSA) is 96.7 Å². The van der Waals surface area contributed by atoms with Crippen molar-refractivity contribution in [3.05, 3.63) is 84.2 Å². The predicted molar refractivity (Wildman–Crippen MR) is 105 cm³/mol. The number of Topliss-reactive ketones (excluding diaryl/α,β-unsaturated/α-hetero) is 1. The van der Waals surface area contributed by atoms with E-state index in [2.05, 4.69) is 5.10 Å². The molecule has 1 unspecified atom stereocenters. The van der Waals surface area contributed by atoms with Gasteiger partial charge in [-0.15, -0.1) is 4.09 Å². The Kier molecular flexibility index (Phi) is 6.76. The number of carbonyl (C=O) groups excluding carboxylic acids is 1. The van der Waals surface area contributed by atoms with Gasteiger partial charge in [-0.05, 0) is 35.9 Å². The molecule has 3 rings (SSSR count). The normalized spacial score (nSPS) is 12.4. The quantitative estimate of drug-likeness (QED) is 0.468. The van der Waals surface area contributed by atoms with Crippen molar-refractivity contribution in [2.75, 3.05) is 13.7 Å². The van der Waals surface area contributed by atoms with Crippen LogP contribution in [0.1, 0.15) is 15.9 Å². The Bertz CT molecular complexity index is 1020. The van der Waals surface area contributed by atoms with Crippen molar-refractivity contribution in [3.63, 3.8) is 0 Å². The molecule has 0 saturated heterocycles. The Hall–Kier alpha value is -3.01. The zero-order valence-electron chi connectivity index (χ0n) is 15.7. The summed E-state index contributed by atoms with van der Waals surface area (Å²) in [4.78, 5) is 12.9. The summed E-state index contributed by atoms with van der Waals surface area (Å²) in [6, 6.07) is 17.1. The molecule has 0 spiro atoms. The van der Waals surface area contributed by atoms with Crippen molar-refractivity contribution in [2.24, 2.45) is 0 Å². The van der Waals surface area contributed by atoms with Crippen LogP contribution >= 0.6 is 0 Å². The van der Waals surface area contributed by atoms with Crippen LogP contribution in [0.15, 0.2) is 73.1 Å². The monoisotopic (exact) mass is 416 g/mol. The number of methoxy groups -OCH3 is 1. The minimum atomic E-state index is -4.17. The fourth-order valence-corrected chi connectivity index (χ4v) is 3.29. The smallest absolute Gasteiger partial charge is 0.381 e. The van der Waals surface area contributed by atoms with Crippen LogP contribution in [0.3, 0.4) is 0 Å². The summed E-state index contributed by atoms with van der Waals surface area (Å²) in [5, 5.41) is 3.65. The second kappa shape index (κ2) is 9.46. The van der Waals surface area contributed by atoms with Gasteiger partial charge in [0, 0.05) is 11.8 Å². The zero-order chi connectivity index (χ0) is 20.7. The van der Waals surface area contributed by atoms with Crippen LogP contribution in [0.2, 0.25) is 0 Å². The maximum Gasteiger partial charge on any atom is 0.381 e. The number of carbonyl (C=O) groups is 1. The van der Waals surface area contributed by atoms with Gasteiger partial charge in [-0.2, -0.15) is 13.5 Å². The third kappa shape index (κ3) is 5.50. The Morgan fingerprint density at radius 2 is 1.79 bits per heavy atom. The number of hydrogen-bond donors (Lipinski definition) is 0. The highest BCUT2D eigenvalue weighted by molar-refractivity contribution is 7.85. The molecule has 0 fully saturated rings.